The Morgan fingerprint density at radius 2 is 2.37 bits per heavy atom. The van der Waals surface area contributed by atoms with E-state index in [0.717, 1.165) is 5.52 Å². The molecular formula is C11H14N4O3S. The molecule has 0 aliphatic heterocycles. The molecule has 7 nitrogen and oxygen atoms in total. The number of thioether (sulfide) groups is 1. The second kappa shape index (κ2) is 6.48. The Labute approximate surface area is 113 Å². The van der Waals surface area contributed by atoms with Crippen LogP contribution in [0.5, 0.6) is 0 Å². The van der Waals surface area contributed by atoms with E-state index in [1.165, 1.54) is 18.1 Å². The molecule has 0 saturated carbocycles. The van der Waals surface area contributed by atoms with Gasteiger partial charge in [-0.3, -0.25) is 4.79 Å². The number of rotatable bonds is 6. The molecule has 2 aromatic rings. The van der Waals surface area contributed by atoms with Crippen molar-refractivity contribution in [2.24, 2.45) is 0 Å². The van der Waals surface area contributed by atoms with Gasteiger partial charge >= 0.3 is 5.97 Å². The molecule has 0 aliphatic carbocycles. The third-order valence-electron chi connectivity index (χ3n) is 2.31. The number of hydrogen-bond acceptors (Lipinski definition) is 7. The van der Waals surface area contributed by atoms with E-state index in [2.05, 4.69) is 19.9 Å². The number of ether oxygens (including phenoxy) is 1. The monoisotopic (exact) mass is 282 g/mol. The number of imidazole rings is 1. The lowest BCUT2D eigenvalue weighted by Crippen LogP contribution is -2.18. The van der Waals surface area contributed by atoms with Gasteiger partial charge in [0.05, 0.1) is 25.5 Å². The maximum Gasteiger partial charge on any atom is 0.308 e. The third kappa shape index (κ3) is 3.65. The van der Waals surface area contributed by atoms with E-state index in [1.807, 2.05) is 0 Å². The SMILES string of the molecule is CCOC(=O)CC(O)CSc1ncnc2nc[nH]c12. The molecule has 2 rings (SSSR count). The molecule has 2 N–H and O–H groups in total. The number of nitrogens with one attached hydrogen (secondary N) is 1. The van der Waals surface area contributed by atoms with Gasteiger partial charge in [-0.15, -0.1) is 11.8 Å². The predicted molar refractivity (Wildman–Crippen MR) is 69.7 cm³/mol. The van der Waals surface area contributed by atoms with Gasteiger partial charge < -0.3 is 14.8 Å². The van der Waals surface area contributed by atoms with Crippen LogP contribution in [0.2, 0.25) is 0 Å². The van der Waals surface area contributed by atoms with Crippen molar-refractivity contribution in [1.82, 2.24) is 19.9 Å². The van der Waals surface area contributed by atoms with Crippen molar-refractivity contribution in [1.29, 1.82) is 0 Å². The smallest absolute Gasteiger partial charge is 0.308 e. The van der Waals surface area contributed by atoms with E-state index in [-0.39, 0.29) is 6.42 Å². The first kappa shape index (κ1) is 13.8. The highest BCUT2D eigenvalue weighted by Gasteiger charge is 2.14. The largest absolute Gasteiger partial charge is 0.466 e. The number of hydrogen-bond donors (Lipinski definition) is 2. The van der Waals surface area contributed by atoms with Crippen LogP contribution in [0.3, 0.4) is 0 Å². The van der Waals surface area contributed by atoms with Crippen molar-refractivity contribution < 1.29 is 14.6 Å². The Bertz CT molecular complexity index is 560. The van der Waals surface area contributed by atoms with Gasteiger partial charge in [0, 0.05) is 5.75 Å². The highest BCUT2D eigenvalue weighted by atomic mass is 32.2. The summed E-state index contributed by atoms with van der Waals surface area (Å²) in [6, 6.07) is 0. The Morgan fingerprint density at radius 3 is 3.16 bits per heavy atom. The molecule has 2 heterocycles. The van der Waals surface area contributed by atoms with E-state index in [1.54, 1.807) is 13.3 Å². The van der Waals surface area contributed by atoms with Crippen LogP contribution in [0.4, 0.5) is 0 Å². The fraction of sp³-hybridized carbons (Fsp3) is 0.455. The molecule has 0 aromatic carbocycles. The summed E-state index contributed by atoms with van der Waals surface area (Å²) in [6.45, 7) is 2.05. The molecule has 0 bridgehead atoms. The van der Waals surface area contributed by atoms with Crippen LogP contribution >= 0.6 is 11.8 Å². The quantitative estimate of drug-likeness (QED) is 0.458. The molecule has 0 fully saturated rings. The van der Waals surface area contributed by atoms with E-state index < -0.39 is 12.1 Å². The van der Waals surface area contributed by atoms with Gasteiger partial charge in [-0.05, 0) is 6.92 Å². The van der Waals surface area contributed by atoms with Crippen LogP contribution in [-0.2, 0) is 9.53 Å². The molecule has 0 saturated heterocycles. The van der Waals surface area contributed by atoms with Gasteiger partial charge in [0.15, 0.2) is 5.65 Å². The number of esters is 1. The van der Waals surface area contributed by atoms with Crippen molar-refractivity contribution in [2.45, 2.75) is 24.5 Å². The van der Waals surface area contributed by atoms with Crippen molar-refractivity contribution in [3.63, 3.8) is 0 Å². The van der Waals surface area contributed by atoms with Crippen molar-refractivity contribution in [2.75, 3.05) is 12.4 Å². The van der Waals surface area contributed by atoms with Gasteiger partial charge in [0.25, 0.3) is 0 Å². The first-order valence-corrected chi connectivity index (χ1v) is 6.79. The fourth-order valence-electron chi connectivity index (χ4n) is 1.50. The normalized spacial score (nSPS) is 12.5. The molecule has 19 heavy (non-hydrogen) atoms. The summed E-state index contributed by atoms with van der Waals surface area (Å²) in [5.41, 5.74) is 1.31. The number of aliphatic hydroxyl groups excluding tert-OH is 1. The van der Waals surface area contributed by atoms with E-state index >= 15 is 0 Å². The summed E-state index contributed by atoms with van der Waals surface area (Å²) in [6.07, 6.45) is 2.18. The number of nitrogens with zero attached hydrogens (tertiary/aromatic N) is 3. The van der Waals surface area contributed by atoms with Crippen LogP contribution < -0.4 is 0 Å². The van der Waals surface area contributed by atoms with Crippen molar-refractivity contribution in [3.05, 3.63) is 12.7 Å². The molecule has 0 radical (unpaired) electrons. The molecule has 1 atom stereocenters. The Morgan fingerprint density at radius 1 is 1.53 bits per heavy atom. The summed E-state index contributed by atoms with van der Waals surface area (Å²) in [4.78, 5) is 26.3. The Kier molecular flexibility index (Phi) is 4.69. The number of aromatic amines is 1. The van der Waals surface area contributed by atoms with Crippen LogP contribution in [0.15, 0.2) is 17.7 Å². The minimum Gasteiger partial charge on any atom is -0.466 e. The third-order valence-corrected chi connectivity index (χ3v) is 3.44. The van der Waals surface area contributed by atoms with Crippen LogP contribution in [0.25, 0.3) is 11.2 Å². The average molecular weight is 282 g/mol. The summed E-state index contributed by atoms with van der Waals surface area (Å²) >= 11 is 1.34. The lowest BCUT2D eigenvalue weighted by Gasteiger charge is -2.09. The maximum atomic E-state index is 11.2. The highest BCUT2D eigenvalue weighted by Crippen LogP contribution is 2.22. The molecule has 102 valence electrons. The maximum absolute atomic E-state index is 11.2. The lowest BCUT2D eigenvalue weighted by atomic mass is 10.3. The molecule has 0 spiro atoms. The van der Waals surface area contributed by atoms with Gasteiger partial charge in [-0.1, -0.05) is 0 Å². The van der Waals surface area contributed by atoms with Gasteiger partial charge in [0.2, 0.25) is 0 Å². The van der Waals surface area contributed by atoms with Gasteiger partial charge in [-0.2, -0.15) is 0 Å². The standard InChI is InChI=1S/C11H14N4O3S/c1-2-18-8(17)3-7(16)4-19-11-9-10(13-5-12-9)14-6-15-11/h5-7,16H,2-4H2,1H3,(H,12,13,14,15). The van der Waals surface area contributed by atoms with Crippen LogP contribution in [-0.4, -0.2) is 49.5 Å². The molecule has 0 aliphatic rings. The van der Waals surface area contributed by atoms with Gasteiger partial charge in [-0.25, -0.2) is 15.0 Å². The van der Waals surface area contributed by atoms with Gasteiger partial charge in [0.1, 0.15) is 16.9 Å². The number of aliphatic hydroxyl groups is 1. The minimum atomic E-state index is -0.767. The predicted octanol–water partition coefficient (Wildman–Crippen LogP) is 0.759. The Hall–Kier alpha value is -1.67. The lowest BCUT2D eigenvalue weighted by molar-refractivity contribution is -0.144. The summed E-state index contributed by atoms with van der Waals surface area (Å²) in [5, 5.41) is 10.4. The Balaban J connectivity index is 1.91. The second-order valence-corrected chi connectivity index (χ2v) is 4.76. The van der Waals surface area contributed by atoms with E-state index in [9.17, 15) is 9.90 Å². The summed E-state index contributed by atoms with van der Waals surface area (Å²) < 4.78 is 4.77. The highest BCUT2D eigenvalue weighted by molar-refractivity contribution is 7.99. The first-order chi connectivity index (χ1) is 9.20. The van der Waals surface area contributed by atoms with Crippen LogP contribution in [0, 0.1) is 0 Å². The summed E-state index contributed by atoms with van der Waals surface area (Å²) in [7, 11) is 0. The topological polar surface area (TPSA) is 101 Å². The van der Waals surface area contributed by atoms with Crippen LogP contribution in [0.1, 0.15) is 13.3 Å². The minimum absolute atomic E-state index is 0.0158. The summed E-state index contributed by atoms with van der Waals surface area (Å²) in [5.74, 6) is -0.0470. The fourth-order valence-corrected chi connectivity index (χ4v) is 2.38. The average Bonchev–Trinajstić information content (AvgIpc) is 2.85. The number of fused-ring (bicyclic) bond motifs is 1. The molecular weight excluding hydrogens is 268 g/mol. The zero-order valence-corrected chi connectivity index (χ0v) is 11.2. The molecule has 8 heteroatoms. The number of carbonyl (C=O) groups excluding carboxylic acids is 1. The zero-order chi connectivity index (χ0) is 13.7. The van der Waals surface area contributed by atoms with Crippen molar-refractivity contribution in [3.8, 4) is 0 Å². The molecule has 1 unspecified atom stereocenters. The van der Waals surface area contributed by atoms with E-state index in [0.29, 0.717) is 23.0 Å². The first-order valence-electron chi connectivity index (χ1n) is 5.81. The number of carbonyl (C=O) groups is 1. The second-order valence-electron chi connectivity index (χ2n) is 3.75. The molecule has 0 amide bonds. The van der Waals surface area contributed by atoms with E-state index in [4.69, 9.17) is 4.74 Å². The van der Waals surface area contributed by atoms with Crippen molar-refractivity contribution >= 4 is 28.9 Å². The number of aromatic nitrogens is 4. The molecule has 2 aromatic heterocycles. The number of H-pyrrole nitrogens is 1. The zero-order valence-electron chi connectivity index (χ0n) is 10.4.